The first-order valence-corrected chi connectivity index (χ1v) is 9.88. The predicted molar refractivity (Wildman–Crippen MR) is 104 cm³/mol. The quantitative estimate of drug-likeness (QED) is 0.379. The topological polar surface area (TPSA) is 81.2 Å². The summed E-state index contributed by atoms with van der Waals surface area (Å²) in [6.07, 6.45) is 2.29. The SMILES string of the molecule is CCc1ccccc1NC(=O)COC(=O)CSc1ncnc2sccc12. The summed E-state index contributed by atoms with van der Waals surface area (Å²) in [4.78, 5) is 33.1. The van der Waals surface area contributed by atoms with E-state index in [1.807, 2.05) is 42.6 Å². The highest BCUT2D eigenvalue weighted by atomic mass is 32.2. The van der Waals surface area contributed by atoms with Gasteiger partial charge in [0.2, 0.25) is 0 Å². The minimum absolute atomic E-state index is 0.0841. The third-order valence-electron chi connectivity index (χ3n) is 3.59. The Morgan fingerprint density at radius 3 is 2.92 bits per heavy atom. The first-order chi connectivity index (χ1) is 12.7. The van der Waals surface area contributed by atoms with E-state index in [4.69, 9.17) is 4.74 Å². The van der Waals surface area contributed by atoms with E-state index in [1.54, 1.807) is 0 Å². The van der Waals surface area contributed by atoms with Crippen molar-refractivity contribution in [3.05, 3.63) is 47.6 Å². The van der Waals surface area contributed by atoms with E-state index in [2.05, 4.69) is 15.3 Å². The first kappa shape index (κ1) is 18.3. The molecule has 26 heavy (non-hydrogen) atoms. The van der Waals surface area contributed by atoms with E-state index in [1.165, 1.54) is 29.4 Å². The Kier molecular flexibility index (Phi) is 6.19. The molecular formula is C18H17N3O3S2. The van der Waals surface area contributed by atoms with E-state index < -0.39 is 5.97 Å². The number of rotatable bonds is 7. The molecule has 0 saturated heterocycles. The highest BCUT2D eigenvalue weighted by Crippen LogP contribution is 2.27. The van der Waals surface area contributed by atoms with Gasteiger partial charge in [0.1, 0.15) is 16.2 Å². The van der Waals surface area contributed by atoms with E-state index in [0.29, 0.717) is 0 Å². The molecule has 0 saturated carbocycles. The lowest BCUT2D eigenvalue weighted by atomic mass is 10.1. The number of benzene rings is 1. The third kappa shape index (κ3) is 4.59. The molecule has 0 atom stereocenters. The van der Waals surface area contributed by atoms with Crippen LogP contribution in [0, 0.1) is 0 Å². The average molecular weight is 387 g/mol. The molecular weight excluding hydrogens is 370 g/mol. The van der Waals surface area contributed by atoms with Gasteiger partial charge in [0.15, 0.2) is 6.61 Å². The third-order valence-corrected chi connectivity index (χ3v) is 5.39. The second-order valence-corrected chi connectivity index (χ2v) is 7.19. The van der Waals surface area contributed by atoms with Crippen molar-refractivity contribution in [1.29, 1.82) is 0 Å². The molecule has 0 aliphatic heterocycles. The van der Waals surface area contributed by atoms with Gasteiger partial charge >= 0.3 is 5.97 Å². The molecule has 3 aromatic rings. The number of para-hydroxylation sites is 1. The molecule has 6 nitrogen and oxygen atoms in total. The van der Waals surface area contributed by atoms with Crippen molar-refractivity contribution >= 4 is 50.9 Å². The first-order valence-electron chi connectivity index (χ1n) is 8.01. The molecule has 0 bridgehead atoms. The van der Waals surface area contributed by atoms with Crippen molar-refractivity contribution in [1.82, 2.24) is 9.97 Å². The van der Waals surface area contributed by atoms with Crippen LogP contribution in [0.4, 0.5) is 5.69 Å². The van der Waals surface area contributed by atoms with E-state index in [-0.39, 0.29) is 18.3 Å². The summed E-state index contributed by atoms with van der Waals surface area (Å²) < 4.78 is 5.05. The zero-order chi connectivity index (χ0) is 18.4. The van der Waals surface area contributed by atoms with Gasteiger partial charge in [0.25, 0.3) is 5.91 Å². The van der Waals surface area contributed by atoms with E-state index >= 15 is 0 Å². The van der Waals surface area contributed by atoms with Crippen LogP contribution >= 0.6 is 23.1 Å². The number of ether oxygens (including phenoxy) is 1. The molecule has 1 N–H and O–H groups in total. The van der Waals surface area contributed by atoms with Gasteiger partial charge in [-0.1, -0.05) is 36.9 Å². The fraction of sp³-hybridized carbons (Fsp3) is 0.222. The molecule has 2 heterocycles. The highest BCUT2D eigenvalue weighted by molar-refractivity contribution is 8.00. The Bertz CT molecular complexity index is 927. The van der Waals surface area contributed by atoms with Gasteiger partial charge in [0.05, 0.1) is 5.75 Å². The monoisotopic (exact) mass is 387 g/mol. The van der Waals surface area contributed by atoms with E-state index in [0.717, 1.165) is 32.9 Å². The average Bonchev–Trinajstić information content (AvgIpc) is 3.14. The van der Waals surface area contributed by atoms with Crippen molar-refractivity contribution in [2.75, 3.05) is 17.7 Å². The van der Waals surface area contributed by atoms with Crippen LogP contribution in [-0.2, 0) is 20.7 Å². The predicted octanol–water partition coefficient (Wildman–Crippen LogP) is 3.53. The number of hydrogen-bond acceptors (Lipinski definition) is 7. The van der Waals surface area contributed by atoms with Gasteiger partial charge in [-0.25, -0.2) is 9.97 Å². The minimum Gasteiger partial charge on any atom is -0.455 e. The number of anilines is 1. The number of aryl methyl sites for hydroxylation is 1. The number of aromatic nitrogens is 2. The molecule has 0 radical (unpaired) electrons. The zero-order valence-corrected chi connectivity index (χ0v) is 15.7. The maximum atomic E-state index is 12.0. The van der Waals surface area contributed by atoms with Crippen LogP contribution in [0.1, 0.15) is 12.5 Å². The smallest absolute Gasteiger partial charge is 0.316 e. The van der Waals surface area contributed by atoms with Gasteiger partial charge < -0.3 is 10.1 Å². The normalized spacial score (nSPS) is 10.7. The maximum Gasteiger partial charge on any atom is 0.316 e. The van der Waals surface area contributed by atoms with Crippen LogP contribution in [-0.4, -0.2) is 34.2 Å². The van der Waals surface area contributed by atoms with Gasteiger partial charge in [-0.05, 0) is 29.5 Å². The number of hydrogen-bond donors (Lipinski definition) is 1. The number of nitrogens with one attached hydrogen (secondary N) is 1. The van der Waals surface area contributed by atoms with Crippen LogP contribution < -0.4 is 5.32 Å². The lowest BCUT2D eigenvalue weighted by molar-refractivity contribution is -0.144. The second kappa shape index (κ2) is 8.77. The summed E-state index contributed by atoms with van der Waals surface area (Å²) >= 11 is 2.79. The summed E-state index contributed by atoms with van der Waals surface area (Å²) in [5, 5.41) is 6.35. The number of fused-ring (bicyclic) bond motifs is 1. The van der Waals surface area contributed by atoms with Gasteiger partial charge in [-0.2, -0.15) is 0 Å². The zero-order valence-electron chi connectivity index (χ0n) is 14.1. The lowest BCUT2D eigenvalue weighted by Crippen LogP contribution is -2.22. The number of amides is 1. The molecule has 1 amide bonds. The van der Waals surface area contributed by atoms with Gasteiger partial charge in [-0.3, -0.25) is 9.59 Å². The van der Waals surface area contributed by atoms with Crippen LogP contribution in [0.5, 0.6) is 0 Å². The standard InChI is InChI=1S/C18H17N3O3S2/c1-2-12-5-3-4-6-14(12)21-15(22)9-24-16(23)10-26-18-13-7-8-25-17(13)19-11-20-18/h3-8,11H,2,9-10H2,1H3,(H,21,22). The van der Waals surface area contributed by atoms with Crippen LogP contribution in [0.25, 0.3) is 10.2 Å². The molecule has 0 aliphatic rings. The van der Waals surface area contributed by atoms with Crippen molar-refractivity contribution in [3.63, 3.8) is 0 Å². The lowest BCUT2D eigenvalue weighted by Gasteiger charge is -2.10. The fourth-order valence-electron chi connectivity index (χ4n) is 2.33. The highest BCUT2D eigenvalue weighted by Gasteiger charge is 2.12. The Labute approximate surface area is 159 Å². The molecule has 2 aromatic heterocycles. The Morgan fingerprint density at radius 1 is 1.23 bits per heavy atom. The number of nitrogens with zero attached hydrogens (tertiary/aromatic N) is 2. The molecule has 8 heteroatoms. The summed E-state index contributed by atoms with van der Waals surface area (Å²) in [6, 6.07) is 9.47. The number of carbonyl (C=O) groups is 2. The number of carbonyl (C=O) groups excluding carboxylic acids is 2. The number of thiophene rings is 1. The van der Waals surface area contributed by atoms with Crippen LogP contribution in [0.15, 0.2) is 47.1 Å². The van der Waals surface area contributed by atoms with E-state index in [9.17, 15) is 9.59 Å². The molecule has 0 spiro atoms. The number of thioether (sulfide) groups is 1. The number of esters is 1. The van der Waals surface area contributed by atoms with Crippen LogP contribution in [0.2, 0.25) is 0 Å². The Hall–Kier alpha value is -2.45. The van der Waals surface area contributed by atoms with Crippen molar-refractivity contribution in [2.45, 2.75) is 18.4 Å². The summed E-state index contributed by atoms with van der Waals surface area (Å²) in [5.74, 6) is -0.733. The molecule has 0 fully saturated rings. The minimum atomic E-state index is -0.462. The second-order valence-electron chi connectivity index (χ2n) is 5.33. The summed E-state index contributed by atoms with van der Waals surface area (Å²) in [6.45, 7) is 1.70. The maximum absolute atomic E-state index is 12.0. The van der Waals surface area contributed by atoms with Gasteiger partial charge in [0, 0.05) is 11.1 Å². The molecule has 3 rings (SSSR count). The largest absolute Gasteiger partial charge is 0.455 e. The Morgan fingerprint density at radius 2 is 2.08 bits per heavy atom. The summed E-state index contributed by atoms with van der Waals surface area (Å²) in [7, 11) is 0. The van der Waals surface area contributed by atoms with Crippen molar-refractivity contribution in [2.24, 2.45) is 0 Å². The molecule has 1 aromatic carbocycles. The Balaban J connectivity index is 1.48. The molecule has 134 valence electrons. The fourth-order valence-corrected chi connectivity index (χ4v) is 3.91. The molecule has 0 unspecified atom stereocenters. The summed E-state index contributed by atoms with van der Waals surface area (Å²) in [5.41, 5.74) is 1.78. The van der Waals surface area contributed by atoms with Crippen LogP contribution in [0.3, 0.4) is 0 Å². The van der Waals surface area contributed by atoms with Crippen molar-refractivity contribution < 1.29 is 14.3 Å². The van der Waals surface area contributed by atoms with Gasteiger partial charge in [-0.15, -0.1) is 11.3 Å². The molecule has 0 aliphatic carbocycles. The van der Waals surface area contributed by atoms with Crippen molar-refractivity contribution in [3.8, 4) is 0 Å².